The van der Waals surface area contributed by atoms with Gasteiger partial charge in [0, 0.05) is 6.54 Å². The molecular formula is C15H15ClFN3O. The van der Waals surface area contributed by atoms with Crippen LogP contribution in [0.5, 0.6) is 0 Å². The molecule has 0 amide bonds. The number of amidine groups is 1. The van der Waals surface area contributed by atoms with E-state index in [4.69, 9.17) is 22.5 Å². The van der Waals surface area contributed by atoms with Crippen LogP contribution in [-0.4, -0.2) is 17.6 Å². The van der Waals surface area contributed by atoms with Gasteiger partial charge in [-0.05, 0) is 31.2 Å². The van der Waals surface area contributed by atoms with Gasteiger partial charge in [-0.1, -0.05) is 35.0 Å². The fraction of sp³-hybridized carbons (Fsp3) is 0.133. The van der Waals surface area contributed by atoms with Crippen LogP contribution >= 0.6 is 11.6 Å². The molecule has 6 heteroatoms. The Morgan fingerprint density at radius 3 is 2.52 bits per heavy atom. The molecule has 0 fully saturated rings. The first-order valence-corrected chi connectivity index (χ1v) is 6.76. The number of oxime groups is 1. The second-order valence-electron chi connectivity index (χ2n) is 4.31. The monoisotopic (exact) mass is 307 g/mol. The van der Waals surface area contributed by atoms with E-state index < -0.39 is 0 Å². The zero-order valence-corrected chi connectivity index (χ0v) is 12.2. The maximum Gasteiger partial charge on any atom is 0.173 e. The molecule has 0 aliphatic heterocycles. The standard InChI is InChI=1S/C15H15ClFN3O/c1-2-20(12-8-4-3-7-11(12)17)13-9-5-6-10(16)14(13)15(18)19-21/h3-9,21H,2H2,1H3,(H2,18,19). The first-order chi connectivity index (χ1) is 10.1. The Morgan fingerprint density at radius 1 is 1.24 bits per heavy atom. The van der Waals surface area contributed by atoms with Crippen molar-refractivity contribution in [2.45, 2.75) is 6.92 Å². The van der Waals surface area contributed by atoms with Gasteiger partial charge >= 0.3 is 0 Å². The van der Waals surface area contributed by atoms with Gasteiger partial charge in [-0.15, -0.1) is 0 Å². The van der Waals surface area contributed by atoms with E-state index in [9.17, 15) is 4.39 Å². The van der Waals surface area contributed by atoms with Crippen LogP contribution in [0.15, 0.2) is 47.6 Å². The minimum Gasteiger partial charge on any atom is -0.409 e. The van der Waals surface area contributed by atoms with E-state index in [-0.39, 0.29) is 11.7 Å². The normalized spacial score (nSPS) is 11.5. The summed E-state index contributed by atoms with van der Waals surface area (Å²) in [6.45, 7) is 2.37. The van der Waals surface area contributed by atoms with Gasteiger partial charge in [0.05, 0.1) is 22.0 Å². The lowest BCUT2D eigenvalue weighted by Gasteiger charge is -2.26. The number of rotatable bonds is 4. The highest BCUT2D eigenvalue weighted by atomic mass is 35.5. The summed E-state index contributed by atoms with van der Waals surface area (Å²) in [5, 5.41) is 12.3. The van der Waals surface area contributed by atoms with Crippen LogP contribution in [0.1, 0.15) is 12.5 Å². The smallest absolute Gasteiger partial charge is 0.173 e. The maximum absolute atomic E-state index is 14.0. The number of hydrogen-bond acceptors (Lipinski definition) is 3. The summed E-state index contributed by atoms with van der Waals surface area (Å²) in [5.41, 5.74) is 7.04. The molecule has 21 heavy (non-hydrogen) atoms. The third kappa shape index (κ3) is 2.92. The molecule has 2 aromatic rings. The molecule has 2 rings (SSSR count). The predicted octanol–water partition coefficient (Wildman–Crippen LogP) is 3.73. The number of anilines is 2. The molecule has 0 radical (unpaired) electrons. The van der Waals surface area contributed by atoms with Crippen LogP contribution in [0, 0.1) is 5.82 Å². The maximum atomic E-state index is 14.0. The number of benzene rings is 2. The molecule has 0 aliphatic carbocycles. The highest BCUT2D eigenvalue weighted by molar-refractivity contribution is 6.35. The van der Waals surface area contributed by atoms with Crippen LogP contribution in [-0.2, 0) is 0 Å². The first kappa shape index (κ1) is 15.1. The number of nitrogens with zero attached hydrogens (tertiary/aromatic N) is 2. The van der Waals surface area contributed by atoms with Crippen molar-refractivity contribution in [3.8, 4) is 0 Å². The molecule has 0 heterocycles. The van der Waals surface area contributed by atoms with E-state index in [1.165, 1.54) is 6.07 Å². The Kier molecular flexibility index (Phi) is 4.65. The van der Waals surface area contributed by atoms with Crippen molar-refractivity contribution >= 4 is 28.8 Å². The second kappa shape index (κ2) is 6.45. The third-order valence-corrected chi connectivity index (χ3v) is 3.42. The second-order valence-corrected chi connectivity index (χ2v) is 4.72. The fourth-order valence-corrected chi connectivity index (χ4v) is 2.45. The van der Waals surface area contributed by atoms with Gasteiger partial charge in [-0.25, -0.2) is 4.39 Å². The van der Waals surface area contributed by atoms with Gasteiger partial charge in [-0.2, -0.15) is 0 Å². The first-order valence-electron chi connectivity index (χ1n) is 6.38. The van der Waals surface area contributed by atoms with Crippen molar-refractivity contribution in [3.05, 3.63) is 58.9 Å². The minimum absolute atomic E-state index is 0.120. The van der Waals surface area contributed by atoms with Crippen molar-refractivity contribution < 1.29 is 9.60 Å². The summed E-state index contributed by atoms with van der Waals surface area (Å²) < 4.78 is 14.0. The van der Waals surface area contributed by atoms with Crippen LogP contribution in [0.2, 0.25) is 5.02 Å². The lowest BCUT2D eigenvalue weighted by Crippen LogP contribution is -2.23. The molecule has 3 N–H and O–H groups in total. The molecular weight excluding hydrogens is 293 g/mol. The zero-order valence-electron chi connectivity index (χ0n) is 11.4. The van der Waals surface area contributed by atoms with Crippen LogP contribution in [0.3, 0.4) is 0 Å². The Balaban J connectivity index is 2.64. The van der Waals surface area contributed by atoms with Crippen LogP contribution in [0.25, 0.3) is 0 Å². The molecule has 0 saturated carbocycles. The molecule has 0 aromatic heterocycles. The summed E-state index contributed by atoms with van der Waals surface area (Å²) in [6.07, 6.45) is 0. The van der Waals surface area contributed by atoms with Gasteiger partial charge < -0.3 is 15.8 Å². The molecule has 2 aromatic carbocycles. The van der Waals surface area contributed by atoms with Gasteiger partial charge in [-0.3, -0.25) is 0 Å². The summed E-state index contributed by atoms with van der Waals surface area (Å²) in [4.78, 5) is 1.72. The van der Waals surface area contributed by atoms with Gasteiger partial charge in [0.1, 0.15) is 5.82 Å². The Hall–Kier alpha value is -2.27. The van der Waals surface area contributed by atoms with Crippen LogP contribution in [0.4, 0.5) is 15.8 Å². The predicted molar refractivity (Wildman–Crippen MR) is 83.0 cm³/mol. The van der Waals surface area contributed by atoms with Crippen molar-refractivity contribution in [1.82, 2.24) is 0 Å². The highest BCUT2D eigenvalue weighted by Crippen LogP contribution is 2.33. The number of nitrogens with two attached hydrogens (primary N) is 1. The zero-order chi connectivity index (χ0) is 15.4. The molecule has 0 unspecified atom stereocenters. The van der Waals surface area contributed by atoms with E-state index in [0.29, 0.717) is 28.5 Å². The largest absolute Gasteiger partial charge is 0.409 e. The van der Waals surface area contributed by atoms with Crippen molar-refractivity contribution in [3.63, 3.8) is 0 Å². The highest BCUT2D eigenvalue weighted by Gasteiger charge is 2.19. The number of halogens is 2. The average molecular weight is 308 g/mol. The minimum atomic E-state index is -0.357. The molecule has 110 valence electrons. The van der Waals surface area contributed by atoms with E-state index >= 15 is 0 Å². The van der Waals surface area contributed by atoms with E-state index in [0.717, 1.165) is 0 Å². The molecule has 4 nitrogen and oxygen atoms in total. The van der Waals surface area contributed by atoms with Crippen molar-refractivity contribution in [2.24, 2.45) is 10.9 Å². The summed E-state index contributed by atoms with van der Waals surface area (Å²) in [5.74, 6) is -0.477. The van der Waals surface area contributed by atoms with E-state index in [1.54, 1.807) is 41.3 Å². The lowest BCUT2D eigenvalue weighted by atomic mass is 10.1. The molecule has 0 atom stereocenters. The van der Waals surface area contributed by atoms with Crippen molar-refractivity contribution in [1.29, 1.82) is 0 Å². The fourth-order valence-electron chi connectivity index (χ4n) is 2.18. The van der Waals surface area contributed by atoms with Gasteiger partial charge in [0.2, 0.25) is 0 Å². The quantitative estimate of drug-likeness (QED) is 0.391. The lowest BCUT2D eigenvalue weighted by molar-refractivity contribution is 0.318. The molecule has 0 saturated heterocycles. The van der Waals surface area contributed by atoms with Crippen molar-refractivity contribution in [2.75, 3.05) is 11.4 Å². The summed E-state index contributed by atoms with van der Waals surface area (Å²) >= 11 is 6.14. The summed E-state index contributed by atoms with van der Waals surface area (Å²) in [6, 6.07) is 11.5. The molecule has 0 bridgehead atoms. The number of hydrogen-bond donors (Lipinski definition) is 2. The Bertz CT molecular complexity index is 676. The molecule has 0 spiro atoms. The Labute approximate surface area is 127 Å². The molecule has 0 aliphatic rings. The van der Waals surface area contributed by atoms with Gasteiger partial charge in [0.25, 0.3) is 0 Å². The SMILES string of the molecule is CCN(c1ccccc1F)c1cccc(Cl)c1C(N)=NO. The number of para-hydroxylation sites is 1. The van der Waals surface area contributed by atoms with E-state index in [2.05, 4.69) is 5.16 Å². The third-order valence-electron chi connectivity index (χ3n) is 3.11. The average Bonchev–Trinajstić information content (AvgIpc) is 2.49. The van der Waals surface area contributed by atoms with Gasteiger partial charge in [0.15, 0.2) is 5.84 Å². The Morgan fingerprint density at radius 2 is 1.90 bits per heavy atom. The van der Waals surface area contributed by atoms with E-state index in [1.807, 2.05) is 6.92 Å². The topological polar surface area (TPSA) is 61.8 Å². The van der Waals surface area contributed by atoms with Crippen LogP contribution < -0.4 is 10.6 Å². The summed E-state index contributed by atoms with van der Waals surface area (Å²) in [7, 11) is 0.